The van der Waals surface area contributed by atoms with Crippen LogP contribution in [0.1, 0.15) is 42.9 Å². The highest BCUT2D eigenvalue weighted by Crippen LogP contribution is 2.35. The van der Waals surface area contributed by atoms with Gasteiger partial charge in [0.1, 0.15) is 16.7 Å². The molecule has 190 valence electrons. The lowest BCUT2D eigenvalue weighted by molar-refractivity contribution is -0.122. The molecule has 2 aromatic carbocycles. The zero-order chi connectivity index (χ0) is 26.4. The molecule has 0 saturated carbocycles. The molecule has 5 N–H and O–H groups in total. The number of nitrogens with two attached hydrogens (primary N) is 2. The van der Waals surface area contributed by atoms with Crippen LogP contribution >= 0.6 is 11.5 Å². The van der Waals surface area contributed by atoms with E-state index in [4.69, 9.17) is 20.9 Å². The Hall–Kier alpha value is -3.96. The molecule has 0 spiro atoms. The van der Waals surface area contributed by atoms with Gasteiger partial charge in [0.2, 0.25) is 5.91 Å². The Balaban J connectivity index is 2.23. The molecule has 3 amide bonds. The third-order valence-electron chi connectivity index (χ3n) is 5.54. The summed E-state index contributed by atoms with van der Waals surface area (Å²) in [5.74, 6) is -1.26. The summed E-state index contributed by atoms with van der Waals surface area (Å²) in [6.45, 7) is 4.26. The summed E-state index contributed by atoms with van der Waals surface area (Å²) in [4.78, 5) is 40.8. The van der Waals surface area contributed by atoms with Crippen molar-refractivity contribution in [3.63, 3.8) is 0 Å². The predicted molar refractivity (Wildman–Crippen MR) is 138 cm³/mol. The SMILES string of the molecule is COCCNC(=O)[C@@H](c1ccc(OC)cc1)N(C(=O)c1snc(C(N)=O)c1N)c1cc(C)ccc1C. The Bertz CT molecular complexity index is 1260. The molecular weight excluding hydrogens is 482 g/mol. The number of carbonyl (C=O) groups excluding carboxylic acids is 3. The average molecular weight is 512 g/mol. The Labute approximate surface area is 213 Å². The third-order valence-corrected chi connectivity index (χ3v) is 6.39. The number of hydrogen-bond donors (Lipinski definition) is 3. The van der Waals surface area contributed by atoms with Gasteiger partial charge in [0.15, 0.2) is 5.69 Å². The maximum Gasteiger partial charge on any atom is 0.273 e. The van der Waals surface area contributed by atoms with E-state index < -0.39 is 23.8 Å². The Morgan fingerprint density at radius 1 is 1.11 bits per heavy atom. The number of anilines is 2. The highest BCUT2D eigenvalue weighted by atomic mass is 32.1. The van der Waals surface area contributed by atoms with Crippen molar-refractivity contribution in [1.29, 1.82) is 0 Å². The molecule has 0 unspecified atom stereocenters. The molecular formula is C25H29N5O5S. The first kappa shape index (κ1) is 26.6. The second-order valence-corrected chi connectivity index (χ2v) is 8.84. The minimum absolute atomic E-state index is 0.00732. The van der Waals surface area contributed by atoms with Crippen LogP contribution in [0.15, 0.2) is 42.5 Å². The predicted octanol–water partition coefficient (Wildman–Crippen LogP) is 2.60. The van der Waals surface area contributed by atoms with Gasteiger partial charge >= 0.3 is 0 Å². The lowest BCUT2D eigenvalue weighted by Crippen LogP contribution is -2.45. The van der Waals surface area contributed by atoms with Gasteiger partial charge in [-0.2, -0.15) is 4.37 Å². The number of rotatable bonds is 10. The Morgan fingerprint density at radius 2 is 1.81 bits per heavy atom. The third kappa shape index (κ3) is 5.64. The minimum atomic E-state index is -1.08. The highest BCUT2D eigenvalue weighted by molar-refractivity contribution is 7.09. The minimum Gasteiger partial charge on any atom is -0.497 e. The van der Waals surface area contributed by atoms with Crippen LogP contribution in [0.2, 0.25) is 0 Å². The molecule has 1 aromatic heterocycles. The topological polar surface area (TPSA) is 150 Å². The number of ether oxygens (including phenoxy) is 2. The van der Waals surface area contributed by atoms with E-state index in [-0.39, 0.29) is 22.8 Å². The molecule has 3 aromatic rings. The smallest absolute Gasteiger partial charge is 0.273 e. The number of carbonyl (C=O) groups is 3. The molecule has 0 bridgehead atoms. The number of amides is 3. The van der Waals surface area contributed by atoms with Crippen LogP contribution < -0.4 is 26.4 Å². The molecule has 11 heteroatoms. The van der Waals surface area contributed by atoms with Crippen LogP contribution in [0.25, 0.3) is 0 Å². The van der Waals surface area contributed by atoms with E-state index in [1.165, 1.54) is 12.0 Å². The normalized spacial score (nSPS) is 11.6. The van der Waals surface area contributed by atoms with E-state index in [1.807, 2.05) is 32.0 Å². The van der Waals surface area contributed by atoms with Crippen LogP contribution in [-0.4, -0.2) is 49.5 Å². The number of aromatic nitrogens is 1. The number of nitrogens with one attached hydrogen (secondary N) is 1. The largest absolute Gasteiger partial charge is 0.497 e. The summed E-state index contributed by atoms with van der Waals surface area (Å²) >= 11 is 0.759. The van der Waals surface area contributed by atoms with Crippen molar-refractivity contribution in [1.82, 2.24) is 9.69 Å². The monoisotopic (exact) mass is 511 g/mol. The Morgan fingerprint density at radius 3 is 2.39 bits per heavy atom. The van der Waals surface area contributed by atoms with E-state index in [9.17, 15) is 14.4 Å². The van der Waals surface area contributed by atoms with Crippen LogP contribution in [0.5, 0.6) is 5.75 Å². The van der Waals surface area contributed by atoms with Crippen molar-refractivity contribution in [3.05, 3.63) is 69.7 Å². The molecule has 0 aliphatic heterocycles. The lowest BCUT2D eigenvalue weighted by Gasteiger charge is -2.32. The standard InChI is InChI=1S/C25H29N5O5S/c1-14-5-6-15(2)18(13-14)30(25(33)22-19(26)20(23(27)31)29-36-22)21(24(32)28-11-12-34-3)16-7-9-17(35-4)10-8-16/h5-10,13,21H,11-12,26H2,1-4H3,(H2,27,31)(H,28,32)/t21-/m1/s1. The van der Waals surface area contributed by atoms with Crippen molar-refractivity contribution in [2.75, 3.05) is 38.0 Å². The van der Waals surface area contributed by atoms with Gasteiger partial charge in [0.25, 0.3) is 11.8 Å². The van der Waals surface area contributed by atoms with Crippen LogP contribution in [0.4, 0.5) is 11.4 Å². The number of benzene rings is 2. The van der Waals surface area contributed by atoms with E-state index >= 15 is 0 Å². The Kier molecular flexibility index (Phi) is 8.62. The highest BCUT2D eigenvalue weighted by Gasteiger charge is 2.36. The zero-order valence-electron chi connectivity index (χ0n) is 20.5. The second kappa shape index (κ2) is 11.6. The summed E-state index contributed by atoms with van der Waals surface area (Å²) in [5, 5.41) is 2.83. The van der Waals surface area contributed by atoms with Crippen LogP contribution in [0, 0.1) is 13.8 Å². The van der Waals surface area contributed by atoms with Crippen molar-refractivity contribution in [2.24, 2.45) is 5.73 Å². The van der Waals surface area contributed by atoms with E-state index in [0.29, 0.717) is 23.6 Å². The summed E-state index contributed by atoms with van der Waals surface area (Å²) in [5.41, 5.74) is 13.9. The molecule has 36 heavy (non-hydrogen) atoms. The number of hydrogen-bond acceptors (Lipinski definition) is 8. The van der Waals surface area contributed by atoms with Gasteiger partial charge in [-0.15, -0.1) is 0 Å². The van der Waals surface area contributed by atoms with E-state index in [1.54, 1.807) is 31.4 Å². The molecule has 0 aliphatic carbocycles. The van der Waals surface area contributed by atoms with Gasteiger partial charge in [-0.3, -0.25) is 19.3 Å². The van der Waals surface area contributed by atoms with Gasteiger partial charge in [-0.05, 0) is 60.3 Å². The van der Waals surface area contributed by atoms with Gasteiger partial charge < -0.3 is 26.3 Å². The summed E-state index contributed by atoms with van der Waals surface area (Å²) in [6.07, 6.45) is 0. The van der Waals surface area contributed by atoms with Gasteiger partial charge in [-0.1, -0.05) is 24.3 Å². The first-order valence-corrected chi connectivity index (χ1v) is 11.8. The number of nitrogen functional groups attached to an aromatic ring is 1. The van der Waals surface area contributed by atoms with E-state index in [2.05, 4.69) is 9.69 Å². The lowest BCUT2D eigenvalue weighted by atomic mass is 10.0. The summed E-state index contributed by atoms with van der Waals surface area (Å²) < 4.78 is 14.3. The fourth-order valence-corrected chi connectivity index (χ4v) is 4.40. The summed E-state index contributed by atoms with van der Waals surface area (Å²) in [7, 11) is 3.07. The number of nitrogens with zero attached hydrogens (tertiary/aromatic N) is 2. The van der Waals surface area contributed by atoms with Crippen molar-refractivity contribution >= 4 is 40.6 Å². The second-order valence-electron chi connectivity index (χ2n) is 8.06. The zero-order valence-corrected chi connectivity index (χ0v) is 21.3. The van der Waals surface area contributed by atoms with Crippen molar-refractivity contribution in [2.45, 2.75) is 19.9 Å². The average Bonchev–Trinajstić information content (AvgIpc) is 3.25. The molecule has 0 fully saturated rings. The molecule has 0 aliphatic rings. The summed E-state index contributed by atoms with van der Waals surface area (Å²) in [6, 6.07) is 11.4. The molecule has 3 rings (SSSR count). The molecule has 0 radical (unpaired) electrons. The molecule has 1 heterocycles. The van der Waals surface area contributed by atoms with Gasteiger partial charge in [0, 0.05) is 19.3 Å². The number of primary amides is 1. The molecule has 10 nitrogen and oxygen atoms in total. The number of aryl methyl sites for hydroxylation is 2. The van der Waals surface area contributed by atoms with Crippen molar-refractivity contribution < 1.29 is 23.9 Å². The first-order valence-electron chi connectivity index (χ1n) is 11.1. The molecule has 0 saturated heterocycles. The maximum absolute atomic E-state index is 14.1. The van der Waals surface area contributed by atoms with E-state index in [0.717, 1.165) is 22.7 Å². The maximum atomic E-state index is 14.1. The first-order chi connectivity index (χ1) is 17.2. The quantitative estimate of drug-likeness (QED) is 0.354. The fourth-order valence-electron chi connectivity index (χ4n) is 3.66. The number of methoxy groups -OCH3 is 2. The van der Waals surface area contributed by atoms with Gasteiger partial charge in [0.05, 0.1) is 19.4 Å². The van der Waals surface area contributed by atoms with Crippen LogP contribution in [-0.2, 0) is 9.53 Å². The molecule has 1 atom stereocenters. The van der Waals surface area contributed by atoms with Crippen molar-refractivity contribution in [3.8, 4) is 5.75 Å². The fraction of sp³-hybridized carbons (Fsp3) is 0.280. The van der Waals surface area contributed by atoms with Crippen LogP contribution in [0.3, 0.4) is 0 Å². The van der Waals surface area contributed by atoms with Gasteiger partial charge in [-0.25, -0.2) is 0 Å².